The molecule has 1 aromatic heterocycles. The summed E-state index contributed by atoms with van der Waals surface area (Å²) in [6, 6.07) is 14.8. The summed E-state index contributed by atoms with van der Waals surface area (Å²) in [6.45, 7) is 7.44. The van der Waals surface area contributed by atoms with Crippen molar-refractivity contribution in [1.82, 2.24) is 9.78 Å². The van der Waals surface area contributed by atoms with Crippen molar-refractivity contribution in [2.45, 2.75) is 19.9 Å². The van der Waals surface area contributed by atoms with E-state index < -0.39 is 0 Å². The average molecular weight is 355 g/mol. The lowest BCUT2D eigenvalue weighted by atomic mass is 10.0. The van der Waals surface area contributed by atoms with Crippen molar-refractivity contribution >= 4 is 17.6 Å². The highest BCUT2D eigenvalue weighted by Crippen LogP contribution is 2.40. The molecule has 2 aromatic carbocycles. The van der Waals surface area contributed by atoms with Crippen LogP contribution in [0.15, 0.2) is 55.1 Å². The number of ether oxygens (including phenoxy) is 1. The van der Waals surface area contributed by atoms with Crippen molar-refractivity contribution < 1.29 is 4.74 Å². The van der Waals surface area contributed by atoms with Gasteiger partial charge in [0.15, 0.2) is 0 Å². The molecule has 4 heteroatoms. The van der Waals surface area contributed by atoms with Crippen LogP contribution in [0.1, 0.15) is 22.3 Å². The molecule has 2 aliphatic rings. The summed E-state index contributed by atoms with van der Waals surface area (Å²) >= 11 is 0. The van der Waals surface area contributed by atoms with Crippen molar-refractivity contribution in [2.24, 2.45) is 0 Å². The first-order chi connectivity index (χ1) is 13.2. The summed E-state index contributed by atoms with van der Waals surface area (Å²) in [5.74, 6) is 2.04. The van der Waals surface area contributed by atoms with E-state index in [9.17, 15) is 0 Å². The predicted octanol–water partition coefficient (Wildman–Crippen LogP) is 4.90. The molecule has 27 heavy (non-hydrogen) atoms. The smallest absolute Gasteiger partial charge is 0.132 e. The van der Waals surface area contributed by atoms with Crippen molar-refractivity contribution in [3.63, 3.8) is 0 Å². The van der Waals surface area contributed by atoms with Gasteiger partial charge in [-0.1, -0.05) is 49.1 Å². The van der Waals surface area contributed by atoms with E-state index in [1.807, 2.05) is 10.8 Å². The highest BCUT2D eigenvalue weighted by Gasteiger charge is 2.24. The maximum Gasteiger partial charge on any atom is 0.132 e. The van der Waals surface area contributed by atoms with E-state index in [-0.39, 0.29) is 0 Å². The Labute approximate surface area is 158 Å². The van der Waals surface area contributed by atoms with Gasteiger partial charge in [0.2, 0.25) is 0 Å². The molecule has 3 heterocycles. The Morgan fingerprint density at radius 2 is 2.04 bits per heavy atom. The molecule has 3 aromatic rings. The molecule has 0 aliphatic carbocycles. The number of rotatable bonds is 3. The molecule has 0 unspecified atom stereocenters. The third kappa shape index (κ3) is 2.56. The van der Waals surface area contributed by atoms with Crippen LogP contribution >= 0.6 is 0 Å². The molecular weight excluding hydrogens is 334 g/mol. The van der Waals surface area contributed by atoms with Crippen molar-refractivity contribution in [2.75, 3.05) is 11.9 Å². The van der Waals surface area contributed by atoms with Gasteiger partial charge in [-0.25, -0.2) is 4.68 Å². The number of aromatic nitrogens is 2. The van der Waals surface area contributed by atoms with E-state index in [0.717, 1.165) is 64.8 Å². The zero-order valence-corrected chi connectivity index (χ0v) is 15.3. The number of anilines is 1. The quantitative estimate of drug-likeness (QED) is 0.726. The fraction of sp³-hybridized carbons (Fsp3) is 0.174. The molecular formula is C23H21N3O. The highest BCUT2D eigenvalue weighted by atomic mass is 16.5. The van der Waals surface area contributed by atoms with Crippen LogP contribution in [0.2, 0.25) is 0 Å². The number of nitrogens with zero attached hydrogens (tertiary/aromatic N) is 2. The van der Waals surface area contributed by atoms with E-state index >= 15 is 0 Å². The number of hydrogen-bond acceptors (Lipinski definition) is 3. The molecule has 0 atom stereocenters. The van der Waals surface area contributed by atoms with Crippen LogP contribution in [0.25, 0.3) is 23.0 Å². The van der Waals surface area contributed by atoms with E-state index in [4.69, 9.17) is 9.84 Å². The Morgan fingerprint density at radius 1 is 1.19 bits per heavy atom. The Kier molecular flexibility index (Phi) is 3.64. The number of para-hydroxylation sites is 1. The van der Waals surface area contributed by atoms with Crippen LogP contribution in [0.4, 0.5) is 5.82 Å². The number of hydrogen-bond donors (Lipinski definition) is 1. The van der Waals surface area contributed by atoms with Gasteiger partial charge in [-0.15, -0.1) is 0 Å². The molecule has 2 aliphatic heterocycles. The first-order valence-electron chi connectivity index (χ1n) is 9.27. The van der Waals surface area contributed by atoms with Gasteiger partial charge >= 0.3 is 0 Å². The van der Waals surface area contributed by atoms with Gasteiger partial charge in [0, 0.05) is 23.2 Å². The van der Waals surface area contributed by atoms with Crippen LogP contribution in [0.3, 0.4) is 0 Å². The zero-order chi connectivity index (χ0) is 18.4. The monoisotopic (exact) mass is 355 g/mol. The molecule has 134 valence electrons. The molecule has 0 bridgehead atoms. The average Bonchev–Trinajstić information content (AvgIpc) is 3.32. The molecule has 0 fully saturated rings. The van der Waals surface area contributed by atoms with E-state index in [1.165, 1.54) is 5.56 Å². The Hall–Kier alpha value is -3.27. The largest absolute Gasteiger partial charge is 0.492 e. The second-order valence-corrected chi connectivity index (χ2v) is 6.97. The predicted molar refractivity (Wildman–Crippen MR) is 110 cm³/mol. The fourth-order valence-corrected chi connectivity index (χ4v) is 3.84. The summed E-state index contributed by atoms with van der Waals surface area (Å²) in [5, 5.41) is 8.44. The Bertz CT molecular complexity index is 1070. The zero-order valence-electron chi connectivity index (χ0n) is 15.3. The second-order valence-electron chi connectivity index (χ2n) is 6.97. The molecule has 0 amide bonds. The second kappa shape index (κ2) is 6.16. The number of allylic oxidation sites excluding steroid dienone is 1. The maximum atomic E-state index is 5.89. The molecule has 0 saturated heterocycles. The van der Waals surface area contributed by atoms with Gasteiger partial charge in [0.05, 0.1) is 13.2 Å². The third-order valence-electron chi connectivity index (χ3n) is 5.34. The van der Waals surface area contributed by atoms with Crippen LogP contribution in [0, 0.1) is 6.92 Å². The third-order valence-corrected chi connectivity index (χ3v) is 5.34. The van der Waals surface area contributed by atoms with Crippen LogP contribution in [0.5, 0.6) is 5.75 Å². The van der Waals surface area contributed by atoms with E-state index in [2.05, 4.69) is 67.4 Å². The summed E-state index contributed by atoms with van der Waals surface area (Å²) in [6.07, 6.45) is 5.01. The standard InChI is InChI=1S/C23H21N3O/c1-3-16-7-9-17(10-8-16)20-11-13-26-23(24-20)15(2)21(25-26)19-6-4-5-18-12-14-27-22(18)19/h3-11,24H,1,12-14H2,2H3. The van der Waals surface area contributed by atoms with Gasteiger partial charge in [-0.3, -0.25) is 0 Å². The molecule has 5 rings (SSSR count). The van der Waals surface area contributed by atoms with Crippen molar-refractivity contribution in [1.29, 1.82) is 0 Å². The molecule has 0 spiro atoms. The van der Waals surface area contributed by atoms with Gasteiger partial charge < -0.3 is 10.1 Å². The van der Waals surface area contributed by atoms with Crippen LogP contribution in [-0.4, -0.2) is 16.4 Å². The molecule has 0 saturated carbocycles. The Balaban J connectivity index is 1.51. The van der Waals surface area contributed by atoms with Gasteiger partial charge in [0.25, 0.3) is 0 Å². The molecule has 1 N–H and O–H groups in total. The maximum absolute atomic E-state index is 5.89. The van der Waals surface area contributed by atoms with E-state index in [1.54, 1.807) is 0 Å². The number of benzene rings is 2. The van der Waals surface area contributed by atoms with Gasteiger partial charge in [-0.2, -0.15) is 5.10 Å². The number of nitrogens with one attached hydrogen (secondary N) is 1. The summed E-state index contributed by atoms with van der Waals surface area (Å²) < 4.78 is 7.92. The highest BCUT2D eigenvalue weighted by molar-refractivity contribution is 5.83. The van der Waals surface area contributed by atoms with Gasteiger partial charge in [-0.05, 0) is 35.8 Å². The van der Waals surface area contributed by atoms with E-state index in [0.29, 0.717) is 0 Å². The molecule has 0 radical (unpaired) electrons. The van der Waals surface area contributed by atoms with Crippen LogP contribution < -0.4 is 10.1 Å². The minimum Gasteiger partial charge on any atom is -0.492 e. The fourth-order valence-electron chi connectivity index (χ4n) is 3.84. The van der Waals surface area contributed by atoms with Crippen molar-refractivity contribution in [3.05, 3.63) is 77.4 Å². The Morgan fingerprint density at radius 3 is 2.85 bits per heavy atom. The summed E-state index contributed by atoms with van der Waals surface area (Å²) in [7, 11) is 0. The van der Waals surface area contributed by atoms with Crippen LogP contribution in [-0.2, 0) is 13.0 Å². The first kappa shape index (κ1) is 15.9. The SMILES string of the molecule is C=Cc1ccc(C2=CCn3nc(-c4cccc5c4OCC5)c(C)c3N2)cc1. The lowest BCUT2D eigenvalue weighted by Gasteiger charge is -2.18. The van der Waals surface area contributed by atoms with Crippen molar-refractivity contribution in [3.8, 4) is 17.0 Å². The summed E-state index contributed by atoms with van der Waals surface area (Å²) in [4.78, 5) is 0. The lowest BCUT2D eigenvalue weighted by molar-refractivity contribution is 0.358. The summed E-state index contributed by atoms with van der Waals surface area (Å²) in [5.41, 5.74) is 7.90. The van der Waals surface area contributed by atoms with Gasteiger partial charge in [0.1, 0.15) is 17.3 Å². The minimum atomic E-state index is 0.748. The molecule has 4 nitrogen and oxygen atoms in total. The lowest BCUT2D eigenvalue weighted by Crippen LogP contribution is -2.13. The first-order valence-corrected chi connectivity index (χ1v) is 9.27. The minimum absolute atomic E-state index is 0.748. The number of fused-ring (bicyclic) bond motifs is 2. The topological polar surface area (TPSA) is 39.1 Å². The normalized spacial score (nSPS) is 14.6.